The molecule has 1 spiro atoms. The maximum Gasteiger partial charge on any atom is 0.264 e. The molecule has 0 amide bonds. The highest BCUT2D eigenvalue weighted by Crippen LogP contribution is 2.53. The molecule has 0 radical (unpaired) electrons. The predicted octanol–water partition coefficient (Wildman–Crippen LogP) is 3.65. The fourth-order valence-electron chi connectivity index (χ4n) is 5.13. The summed E-state index contributed by atoms with van der Waals surface area (Å²) in [6.07, 6.45) is 4.60. The Hall–Kier alpha value is -2.45. The number of likely N-dealkylation sites (tertiary alicyclic amines) is 1. The number of carbonyl (C=O) groups excluding carboxylic acids is 1. The molecule has 2 aliphatic carbocycles. The molecule has 2 aromatic carbocycles. The van der Waals surface area contributed by atoms with Crippen LogP contribution in [-0.4, -0.2) is 45.3 Å². The first-order valence-electron chi connectivity index (χ1n) is 11.1. The number of hydrogen-bond donors (Lipinski definition) is 1. The van der Waals surface area contributed by atoms with Gasteiger partial charge in [0.2, 0.25) is 0 Å². The van der Waals surface area contributed by atoms with Gasteiger partial charge in [-0.2, -0.15) is 0 Å². The average Bonchev–Trinajstić information content (AvgIpc) is 3.02. The van der Waals surface area contributed by atoms with Crippen LogP contribution < -0.4 is 9.46 Å². The van der Waals surface area contributed by atoms with E-state index >= 15 is 0 Å². The fourth-order valence-corrected chi connectivity index (χ4v) is 6.25. The zero-order chi connectivity index (χ0) is 22.5. The second-order valence-electron chi connectivity index (χ2n) is 9.19. The second-order valence-corrected chi connectivity index (χ2v) is 10.8. The van der Waals surface area contributed by atoms with Crippen molar-refractivity contribution in [2.24, 2.45) is 0 Å². The SMILES string of the molecule is CN1CCC(Oc2cc(NS(=O)(=O)c3ccccc3F)cc3c2CC(=O)C32CCC2)CC1. The molecule has 1 saturated heterocycles. The number of piperidine rings is 1. The van der Waals surface area contributed by atoms with E-state index in [1.807, 2.05) is 0 Å². The number of benzene rings is 2. The molecule has 0 bridgehead atoms. The van der Waals surface area contributed by atoms with Gasteiger partial charge in [-0.05, 0) is 56.5 Å². The lowest BCUT2D eigenvalue weighted by molar-refractivity contribution is -0.125. The third kappa shape index (κ3) is 3.59. The van der Waals surface area contributed by atoms with Gasteiger partial charge in [-0.3, -0.25) is 9.52 Å². The van der Waals surface area contributed by atoms with E-state index in [1.54, 1.807) is 12.1 Å². The van der Waals surface area contributed by atoms with Crippen LogP contribution in [0.2, 0.25) is 0 Å². The van der Waals surface area contributed by atoms with E-state index in [2.05, 4.69) is 16.7 Å². The third-order valence-electron chi connectivity index (χ3n) is 7.14. The molecule has 5 rings (SSSR count). The Morgan fingerprint density at radius 2 is 1.88 bits per heavy atom. The van der Waals surface area contributed by atoms with Crippen molar-refractivity contribution in [2.75, 3.05) is 24.9 Å². The summed E-state index contributed by atoms with van der Waals surface area (Å²) in [6.45, 7) is 1.85. The van der Waals surface area contributed by atoms with Crippen molar-refractivity contribution in [3.05, 3.63) is 53.3 Å². The number of Topliss-reactive ketones (excluding diaryl/α,β-unsaturated/α-hetero) is 1. The highest BCUT2D eigenvalue weighted by Gasteiger charge is 2.51. The highest BCUT2D eigenvalue weighted by atomic mass is 32.2. The Morgan fingerprint density at radius 3 is 2.53 bits per heavy atom. The molecule has 0 unspecified atom stereocenters. The van der Waals surface area contributed by atoms with E-state index in [-0.39, 0.29) is 11.9 Å². The molecule has 0 aromatic heterocycles. The monoisotopic (exact) mass is 458 g/mol. The topological polar surface area (TPSA) is 75.7 Å². The highest BCUT2D eigenvalue weighted by molar-refractivity contribution is 7.92. The van der Waals surface area contributed by atoms with Crippen LogP contribution in [0, 0.1) is 5.82 Å². The van der Waals surface area contributed by atoms with Crippen LogP contribution in [-0.2, 0) is 26.7 Å². The summed E-state index contributed by atoms with van der Waals surface area (Å²) in [5.41, 5.74) is 1.52. The molecule has 1 saturated carbocycles. The van der Waals surface area contributed by atoms with Crippen molar-refractivity contribution >= 4 is 21.5 Å². The molecule has 170 valence electrons. The second kappa shape index (κ2) is 7.85. The van der Waals surface area contributed by atoms with E-state index in [9.17, 15) is 17.6 Å². The largest absolute Gasteiger partial charge is 0.490 e. The number of halogens is 1. The van der Waals surface area contributed by atoms with Crippen LogP contribution in [0.4, 0.5) is 10.1 Å². The lowest BCUT2D eigenvalue weighted by Crippen LogP contribution is -2.39. The summed E-state index contributed by atoms with van der Waals surface area (Å²) < 4.78 is 48.9. The predicted molar refractivity (Wildman–Crippen MR) is 119 cm³/mol. The number of hydrogen-bond acceptors (Lipinski definition) is 5. The molecular formula is C24H27FN2O4S. The standard InChI is InChI=1S/C24H27FN2O4S/c1-27-11-7-17(8-12-27)31-21-14-16(26-32(29,30)22-6-3-2-5-20(22)25)13-19-18(21)15-23(28)24(19)9-4-10-24/h2-3,5-6,13-14,17,26H,4,7-12,15H2,1H3. The Morgan fingerprint density at radius 1 is 1.16 bits per heavy atom. The van der Waals surface area contributed by atoms with Crippen molar-refractivity contribution in [1.82, 2.24) is 4.90 Å². The minimum absolute atomic E-state index is 0.0155. The number of anilines is 1. The van der Waals surface area contributed by atoms with Gasteiger partial charge in [0.25, 0.3) is 10.0 Å². The molecule has 8 heteroatoms. The van der Waals surface area contributed by atoms with Crippen LogP contribution in [0.15, 0.2) is 41.3 Å². The van der Waals surface area contributed by atoms with Gasteiger partial charge in [0, 0.05) is 31.1 Å². The molecular weight excluding hydrogens is 431 g/mol. The average molecular weight is 459 g/mol. The number of ether oxygens (including phenoxy) is 1. The van der Waals surface area contributed by atoms with Gasteiger partial charge in [-0.25, -0.2) is 12.8 Å². The zero-order valence-corrected chi connectivity index (χ0v) is 18.9. The number of fused-ring (bicyclic) bond motifs is 2. The molecule has 6 nitrogen and oxygen atoms in total. The number of rotatable bonds is 5. The quantitative estimate of drug-likeness (QED) is 0.740. The zero-order valence-electron chi connectivity index (χ0n) is 18.1. The summed E-state index contributed by atoms with van der Waals surface area (Å²) in [5, 5.41) is 0. The van der Waals surface area contributed by atoms with Crippen molar-refractivity contribution in [2.45, 2.75) is 54.9 Å². The number of carbonyl (C=O) groups is 1. The molecule has 0 atom stereocenters. The lowest BCUT2D eigenvalue weighted by Gasteiger charge is -2.38. The van der Waals surface area contributed by atoms with E-state index in [4.69, 9.17) is 4.74 Å². The van der Waals surface area contributed by atoms with Gasteiger partial charge in [0.15, 0.2) is 0 Å². The number of ketones is 1. The first-order chi connectivity index (χ1) is 15.3. The van der Waals surface area contributed by atoms with E-state index in [0.717, 1.165) is 62.4 Å². The molecule has 3 aliphatic rings. The number of sulfonamides is 1. The summed E-state index contributed by atoms with van der Waals surface area (Å²) in [4.78, 5) is 14.8. The van der Waals surface area contributed by atoms with Crippen LogP contribution >= 0.6 is 0 Å². The first kappa shape index (κ1) is 21.4. The van der Waals surface area contributed by atoms with E-state index in [1.165, 1.54) is 18.2 Å². The smallest absolute Gasteiger partial charge is 0.264 e. The molecule has 1 heterocycles. The molecule has 1 N–H and O–H groups in total. The Bertz CT molecular complexity index is 1170. The first-order valence-corrected chi connectivity index (χ1v) is 12.6. The summed E-state index contributed by atoms with van der Waals surface area (Å²) in [6, 6.07) is 8.69. The Balaban J connectivity index is 1.52. The van der Waals surface area contributed by atoms with E-state index in [0.29, 0.717) is 17.9 Å². The van der Waals surface area contributed by atoms with Crippen LogP contribution in [0.3, 0.4) is 0 Å². The fraction of sp³-hybridized carbons (Fsp3) is 0.458. The number of nitrogens with zero attached hydrogens (tertiary/aromatic N) is 1. The van der Waals surface area contributed by atoms with Crippen LogP contribution in [0.5, 0.6) is 5.75 Å². The van der Waals surface area contributed by atoms with Gasteiger partial charge in [0.05, 0.1) is 11.1 Å². The van der Waals surface area contributed by atoms with Crippen molar-refractivity contribution < 1.29 is 22.3 Å². The maximum atomic E-state index is 14.2. The minimum Gasteiger partial charge on any atom is -0.490 e. The van der Waals surface area contributed by atoms with Crippen molar-refractivity contribution in [1.29, 1.82) is 0 Å². The summed E-state index contributed by atoms with van der Waals surface area (Å²) in [7, 11) is -2.06. The number of nitrogens with one attached hydrogen (secondary N) is 1. The van der Waals surface area contributed by atoms with Gasteiger partial charge >= 0.3 is 0 Å². The van der Waals surface area contributed by atoms with E-state index < -0.39 is 26.2 Å². The van der Waals surface area contributed by atoms with Gasteiger partial charge in [-0.15, -0.1) is 0 Å². The van der Waals surface area contributed by atoms with Crippen LogP contribution in [0.1, 0.15) is 43.2 Å². The maximum absolute atomic E-state index is 14.2. The Labute approximate surface area is 187 Å². The minimum atomic E-state index is -4.13. The normalized spacial score (nSPS) is 20.8. The molecule has 2 fully saturated rings. The van der Waals surface area contributed by atoms with Gasteiger partial charge in [0.1, 0.15) is 28.3 Å². The van der Waals surface area contributed by atoms with Crippen LogP contribution in [0.25, 0.3) is 0 Å². The molecule has 1 aliphatic heterocycles. The van der Waals surface area contributed by atoms with Gasteiger partial charge < -0.3 is 9.64 Å². The Kier molecular flexibility index (Phi) is 5.25. The van der Waals surface area contributed by atoms with Crippen molar-refractivity contribution in [3.8, 4) is 5.75 Å². The summed E-state index contributed by atoms with van der Waals surface area (Å²) >= 11 is 0. The third-order valence-corrected chi connectivity index (χ3v) is 8.55. The lowest BCUT2D eigenvalue weighted by atomic mass is 9.64. The molecule has 2 aromatic rings. The molecule has 32 heavy (non-hydrogen) atoms. The van der Waals surface area contributed by atoms with Gasteiger partial charge in [-0.1, -0.05) is 18.6 Å². The summed E-state index contributed by atoms with van der Waals surface area (Å²) in [5.74, 6) is -0.0592. The van der Waals surface area contributed by atoms with Crippen molar-refractivity contribution in [3.63, 3.8) is 0 Å².